The van der Waals surface area contributed by atoms with Crippen LogP contribution in [0.4, 0.5) is 4.39 Å². The maximum absolute atomic E-state index is 13.2. The first kappa shape index (κ1) is 16.4. The number of aromatic amines is 1. The third kappa shape index (κ3) is 3.56. The Morgan fingerprint density at radius 1 is 1.46 bits per heavy atom. The van der Waals surface area contributed by atoms with Gasteiger partial charge in [0.25, 0.3) is 0 Å². The number of ether oxygens (including phenoxy) is 1. The average Bonchev–Trinajstić information content (AvgIpc) is 2.95. The van der Waals surface area contributed by atoms with Gasteiger partial charge in [0.1, 0.15) is 11.9 Å². The Balaban J connectivity index is 1.69. The summed E-state index contributed by atoms with van der Waals surface area (Å²) in [5, 5.41) is 12.7. The third-order valence-corrected chi connectivity index (χ3v) is 4.33. The van der Waals surface area contributed by atoms with E-state index in [1.54, 1.807) is 12.3 Å². The third-order valence-electron chi connectivity index (χ3n) is 4.33. The topological polar surface area (TPSA) is 91.4 Å². The summed E-state index contributed by atoms with van der Waals surface area (Å²) in [4.78, 5) is 26.7. The van der Waals surface area contributed by atoms with Crippen molar-refractivity contribution in [3.63, 3.8) is 0 Å². The number of halogens is 1. The molecule has 1 amide bonds. The predicted molar refractivity (Wildman–Crippen MR) is 85.1 cm³/mol. The standard InChI is InChI=1S/C17H19FN2O4/c18-12-3-4-13-11(8-19-14(13)7-12)6-15(21)20-16(17(22)23)10-2-1-5-24-9-10/h3-4,7-8,10,16,19H,1-2,5-6,9H2,(H,20,21)(H,22,23). The Morgan fingerprint density at radius 3 is 3.00 bits per heavy atom. The van der Waals surface area contributed by atoms with E-state index in [0.717, 1.165) is 11.8 Å². The Labute approximate surface area is 138 Å². The molecule has 3 rings (SSSR count). The molecule has 3 N–H and O–H groups in total. The van der Waals surface area contributed by atoms with E-state index in [4.69, 9.17) is 4.74 Å². The number of hydrogen-bond donors (Lipinski definition) is 3. The van der Waals surface area contributed by atoms with E-state index in [-0.39, 0.29) is 24.1 Å². The molecule has 1 aromatic heterocycles. The number of nitrogens with one attached hydrogen (secondary N) is 2. The summed E-state index contributed by atoms with van der Waals surface area (Å²) < 4.78 is 18.5. The molecule has 1 aliphatic heterocycles. The van der Waals surface area contributed by atoms with Gasteiger partial charge in [-0.15, -0.1) is 0 Å². The molecule has 1 fully saturated rings. The zero-order valence-corrected chi connectivity index (χ0v) is 13.0. The van der Waals surface area contributed by atoms with Gasteiger partial charge in [0.15, 0.2) is 0 Å². The van der Waals surface area contributed by atoms with Crippen LogP contribution in [0.1, 0.15) is 18.4 Å². The summed E-state index contributed by atoms with van der Waals surface area (Å²) in [6, 6.07) is 3.33. The van der Waals surface area contributed by atoms with E-state index in [2.05, 4.69) is 10.3 Å². The number of fused-ring (bicyclic) bond motifs is 1. The fourth-order valence-corrected chi connectivity index (χ4v) is 3.11. The number of aliphatic carboxylic acids is 1. The summed E-state index contributed by atoms with van der Waals surface area (Å²) in [5.74, 6) is -2.01. The Morgan fingerprint density at radius 2 is 2.29 bits per heavy atom. The maximum atomic E-state index is 13.2. The first-order valence-corrected chi connectivity index (χ1v) is 7.90. The zero-order chi connectivity index (χ0) is 17.1. The number of hydrogen-bond acceptors (Lipinski definition) is 3. The number of aromatic nitrogens is 1. The lowest BCUT2D eigenvalue weighted by Gasteiger charge is -2.28. The van der Waals surface area contributed by atoms with Gasteiger partial charge in [0.2, 0.25) is 5.91 Å². The van der Waals surface area contributed by atoms with Crippen molar-refractivity contribution in [1.82, 2.24) is 10.3 Å². The predicted octanol–water partition coefficient (Wildman–Crippen LogP) is 1.85. The molecule has 7 heteroatoms. The van der Waals surface area contributed by atoms with Gasteiger partial charge < -0.3 is 20.1 Å². The van der Waals surface area contributed by atoms with E-state index >= 15 is 0 Å². The van der Waals surface area contributed by atoms with Crippen LogP contribution in [0.2, 0.25) is 0 Å². The molecule has 1 aromatic carbocycles. The second kappa shape index (κ2) is 7.00. The van der Waals surface area contributed by atoms with Gasteiger partial charge in [0, 0.05) is 29.6 Å². The van der Waals surface area contributed by atoms with Crippen LogP contribution < -0.4 is 5.32 Å². The highest BCUT2D eigenvalue weighted by Crippen LogP contribution is 2.21. The van der Waals surface area contributed by atoms with Gasteiger partial charge >= 0.3 is 5.97 Å². The van der Waals surface area contributed by atoms with Gasteiger partial charge in [-0.1, -0.05) is 0 Å². The molecule has 2 unspecified atom stereocenters. The first-order chi connectivity index (χ1) is 11.5. The normalized spacial score (nSPS) is 19.1. The number of rotatable bonds is 5. The fourth-order valence-electron chi connectivity index (χ4n) is 3.11. The number of carbonyl (C=O) groups excluding carboxylic acids is 1. The van der Waals surface area contributed by atoms with Crippen LogP contribution in [0.15, 0.2) is 24.4 Å². The van der Waals surface area contributed by atoms with E-state index in [0.29, 0.717) is 30.7 Å². The Bertz CT molecular complexity index is 752. The molecule has 128 valence electrons. The highest BCUT2D eigenvalue weighted by atomic mass is 19.1. The van der Waals surface area contributed by atoms with Crippen molar-refractivity contribution in [1.29, 1.82) is 0 Å². The van der Waals surface area contributed by atoms with Gasteiger partial charge in [-0.2, -0.15) is 0 Å². The van der Waals surface area contributed by atoms with Crippen LogP contribution in [0.25, 0.3) is 10.9 Å². The van der Waals surface area contributed by atoms with E-state index in [1.165, 1.54) is 12.1 Å². The fraction of sp³-hybridized carbons (Fsp3) is 0.412. The first-order valence-electron chi connectivity index (χ1n) is 7.90. The van der Waals surface area contributed by atoms with Crippen LogP contribution in [0, 0.1) is 11.7 Å². The minimum atomic E-state index is -1.06. The average molecular weight is 334 g/mol. The molecule has 0 bridgehead atoms. The van der Waals surface area contributed by atoms with E-state index < -0.39 is 12.0 Å². The van der Waals surface area contributed by atoms with Crippen LogP contribution >= 0.6 is 0 Å². The van der Waals surface area contributed by atoms with Gasteiger partial charge in [-0.3, -0.25) is 4.79 Å². The van der Waals surface area contributed by atoms with E-state index in [9.17, 15) is 19.1 Å². The zero-order valence-electron chi connectivity index (χ0n) is 13.0. The van der Waals surface area contributed by atoms with Crippen molar-refractivity contribution >= 4 is 22.8 Å². The maximum Gasteiger partial charge on any atom is 0.326 e. The molecule has 24 heavy (non-hydrogen) atoms. The minimum absolute atomic E-state index is 0.0307. The second-order valence-electron chi connectivity index (χ2n) is 6.04. The number of H-pyrrole nitrogens is 1. The minimum Gasteiger partial charge on any atom is -0.480 e. The Hall–Kier alpha value is -2.41. The monoisotopic (exact) mass is 334 g/mol. The summed E-state index contributed by atoms with van der Waals surface area (Å²) in [6.45, 7) is 0.965. The summed E-state index contributed by atoms with van der Waals surface area (Å²) in [7, 11) is 0. The van der Waals surface area contributed by atoms with Crippen LogP contribution in [0.3, 0.4) is 0 Å². The largest absolute Gasteiger partial charge is 0.480 e. The van der Waals surface area contributed by atoms with Crippen molar-refractivity contribution in [3.8, 4) is 0 Å². The number of carbonyl (C=O) groups is 2. The molecule has 1 aliphatic rings. The smallest absolute Gasteiger partial charge is 0.326 e. The molecular weight excluding hydrogens is 315 g/mol. The molecule has 0 spiro atoms. The van der Waals surface area contributed by atoms with Gasteiger partial charge in [0.05, 0.1) is 13.0 Å². The van der Waals surface area contributed by atoms with Gasteiger partial charge in [-0.05, 0) is 36.6 Å². The molecule has 6 nitrogen and oxygen atoms in total. The lowest BCUT2D eigenvalue weighted by atomic mass is 9.93. The second-order valence-corrected chi connectivity index (χ2v) is 6.04. The van der Waals surface area contributed by atoms with Crippen molar-refractivity contribution in [2.75, 3.05) is 13.2 Å². The highest BCUT2D eigenvalue weighted by Gasteiger charge is 2.31. The highest BCUT2D eigenvalue weighted by molar-refractivity contribution is 5.90. The number of carboxylic acids is 1. The molecule has 1 saturated heterocycles. The Kier molecular flexibility index (Phi) is 4.80. The van der Waals surface area contributed by atoms with Gasteiger partial charge in [-0.25, -0.2) is 9.18 Å². The van der Waals surface area contributed by atoms with Crippen molar-refractivity contribution < 1.29 is 23.8 Å². The number of benzene rings is 1. The summed E-state index contributed by atoms with van der Waals surface area (Å²) in [6.07, 6.45) is 3.17. The molecule has 0 saturated carbocycles. The summed E-state index contributed by atoms with van der Waals surface area (Å²) in [5.41, 5.74) is 1.31. The molecule has 0 radical (unpaired) electrons. The lowest BCUT2D eigenvalue weighted by Crippen LogP contribution is -2.48. The van der Waals surface area contributed by atoms with E-state index in [1.807, 2.05) is 0 Å². The number of amides is 1. The van der Waals surface area contributed by atoms with Crippen LogP contribution in [0.5, 0.6) is 0 Å². The van der Waals surface area contributed by atoms with Crippen LogP contribution in [-0.4, -0.2) is 41.2 Å². The number of carboxylic acid groups (broad SMARTS) is 1. The lowest BCUT2D eigenvalue weighted by molar-refractivity contribution is -0.145. The van der Waals surface area contributed by atoms with Crippen molar-refractivity contribution in [2.45, 2.75) is 25.3 Å². The van der Waals surface area contributed by atoms with Crippen molar-refractivity contribution in [3.05, 3.63) is 35.8 Å². The van der Waals surface area contributed by atoms with Crippen molar-refractivity contribution in [2.24, 2.45) is 5.92 Å². The molecule has 2 aromatic rings. The summed E-state index contributed by atoms with van der Waals surface area (Å²) >= 11 is 0. The molecule has 2 atom stereocenters. The molecule has 2 heterocycles. The quantitative estimate of drug-likeness (QED) is 0.778. The molecular formula is C17H19FN2O4. The van der Waals surface area contributed by atoms with Crippen LogP contribution in [-0.2, 0) is 20.7 Å². The molecule has 0 aliphatic carbocycles. The SMILES string of the molecule is O=C(Cc1c[nH]c2cc(F)ccc12)NC(C(=O)O)C1CCCOC1.